The lowest BCUT2D eigenvalue weighted by Crippen LogP contribution is -2.27. The van der Waals surface area contributed by atoms with Crippen LogP contribution >= 0.6 is 23.2 Å². The summed E-state index contributed by atoms with van der Waals surface area (Å²) in [5.74, 6) is 0.782. The predicted octanol–water partition coefficient (Wildman–Crippen LogP) is 5.62. The van der Waals surface area contributed by atoms with Crippen LogP contribution in [0.4, 0.5) is 5.95 Å². The lowest BCUT2D eigenvalue weighted by atomic mass is 9.94. The number of sulfone groups is 1. The zero-order valence-electron chi connectivity index (χ0n) is 27.2. The number of pyridine rings is 2. The number of rotatable bonds is 5. The van der Waals surface area contributed by atoms with Gasteiger partial charge in [0.25, 0.3) is 11.1 Å². The van der Waals surface area contributed by atoms with E-state index in [1.54, 1.807) is 55.7 Å². The minimum Gasteiger partial charge on any atom is -0.351 e. The Labute approximate surface area is 296 Å². The van der Waals surface area contributed by atoms with E-state index in [0.29, 0.717) is 67.9 Å². The fourth-order valence-corrected chi connectivity index (χ4v) is 6.71. The van der Waals surface area contributed by atoms with Gasteiger partial charge in [-0.25, -0.2) is 18.4 Å². The van der Waals surface area contributed by atoms with Crippen molar-refractivity contribution >= 4 is 66.8 Å². The number of fused-ring (bicyclic) bond motifs is 2. The topological polar surface area (TPSA) is 159 Å². The minimum atomic E-state index is -3.55. The largest absolute Gasteiger partial charge is 0.351 e. The molecule has 0 spiro atoms. The number of benzene rings is 2. The first kappa shape index (κ1) is 34.9. The Morgan fingerprint density at radius 3 is 1.70 bits per heavy atom. The Kier molecular flexibility index (Phi) is 9.83. The smallest absolute Gasteiger partial charge is 0.259 e. The van der Waals surface area contributed by atoms with Crippen LogP contribution in [0.15, 0.2) is 87.8 Å². The van der Waals surface area contributed by atoms with Gasteiger partial charge in [-0.3, -0.25) is 23.5 Å². The normalized spacial score (nSPS) is 13.7. The number of hydrogen-bond acceptors (Lipinski definition) is 10. The van der Waals surface area contributed by atoms with Gasteiger partial charge in [0.2, 0.25) is 20.9 Å². The summed E-state index contributed by atoms with van der Waals surface area (Å²) < 4.78 is 26.0. The lowest BCUT2D eigenvalue weighted by molar-refractivity contribution is -0.120. The average molecular weight is 733 g/mol. The van der Waals surface area contributed by atoms with Crippen molar-refractivity contribution in [1.29, 1.82) is 0 Å². The van der Waals surface area contributed by atoms with Gasteiger partial charge in [-0.2, -0.15) is 9.97 Å². The molecule has 1 aliphatic carbocycles. The molecule has 4 aromatic heterocycles. The van der Waals surface area contributed by atoms with Crippen molar-refractivity contribution in [2.24, 2.45) is 14.1 Å². The number of carbonyl (C=O) groups is 1. The van der Waals surface area contributed by atoms with E-state index >= 15 is 0 Å². The number of aromatic nitrogens is 6. The first-order valence-electron chi connectivity index (χ1n) is 15.5. The minimum absolute atomic E-state index is 0.163. The van der Waals surface area contributed by atoms with Crippen molar-refractivity contribution in [2.45, 2.75) is 36.9 Å². The number of nitrogens with zero attached hydrogens (tertiary/aromatic N) is 6. The van der Waals surface area contributed by atoms with Crippen LogP contribution in [0.1, 0.15) is 25.7 Å². The van der Waals surface area contributed by atoms with Gasteiger partial charge in [0.15, 0.2) is 0 Å². The number of Topliss-reactive ketones (excluding diaryl/α,β-unsaturated/α-hetero) is 1. The number of ketones is 1. The highest BCUT2D eigenvalue weighted by atomic mass is 35.5. The van der Waals surface area contributed by atoms with E-state index in [0.717, 1.165) is 24.5 Å². The number of hydrogen-bond donors (Lipinski definition) is 1. The highest BCUT2D eigenvalue weighted by molar-refractivity contribution is 7.90. The fraction of sp³-hybridized carbons (Fsp3) is 0.229. The quantitative estimate of drug-likeness (QED) is 0.221. The molecule has 6 aromatic rings. The second kappa shape index (κ2) is 14.1. The molecule has 0 unspecified atom stereocenters. The second-order valence-electron chi connectivity index (χ2n) is 11.9. The summed E-state index contributed by atoms with van der Waals surface area (Å²) in [6, 6.07) is 17.9. The molecule has 1 saturated carbocycles. The molecule has 1 fully saturated rings. The number of carbonyl (C=O) groups excluding carboxylic acids is 1. The number of halogens is 2. The average Bonchev–Trinajstić information content (AvgIpc) is 3.09. The Bertz CT molecular complexity index is 2530. The maximum atomic E-state index is 12.9. The molecule has 0 aliphatic heterocycles. The molecule has 12 nitrogen and oxygen atoms in total. The van der Waals surface area contributed by atoms with Crippen LogP contribution in [0.2, 0.25) is 10.0 Å². The zero-order chi connectivity index (χ0) is 35.7. The van der Waals surface area contributed by atoms with E-state index < -0.39 is 9.84 Å². The summed E-state index contributed by atoms with van der Waals surface area (Å²) >= 11 is 12.4. The first-order valence-corrected chi connectivity index (χ1v) is 18.2. The molecular formula is C35H31Cl2N7O5S. The van der Waals surface area contributed by atoms with Crippen molar-refractivity contribution in [3.63, 3.8) is 0 Å². The Hall–Kier alpha value is -4.98. The van der Waals surface area contributed by atoms with E-state index in [4.69, 9.17) is 23.2 Å². The molecule has 0 bridgehead atoms. The standard InChI is InChI=1S/C20H19ClN4O2.C15H12ClN3O3S/c1-25-18-12(10-16(19(25)27)15-4-2-3-5-17(15)21)11-22-20(24-18)23-13-6-8-14(26)9-7-13;1-19-13-9(8-17-15(18-13)23(2,21)22)7-11(14(19)20)10-5-3-4-6-12(10)16/h2-5,10-11,13H,6-9H2,1H3,(H,22,23,24);3-8H,1-2H3. The highest BCUT2D eigenvalue weighted by Gasteiger charge is 2.20. The van der Waals surface area contributed by atoms with Gasteiger partial charge in [-0.1, -0.05) is 59.6 Å². The van der Waals surface area contributed by atoms with Gasteiger partial charge in [0.1, 0.15) is 17.1 Å². The van der Waals surface area contributed by atoms with Crippen LogP contribution in [0.5, 0.6) is 0 Å². The van der Waals surface area contributed by atoms with Crippen molar-refractivity contribution in [3.8, 4) is 22.3 Å². The summed E-state index contributed by atoms with van der Waals surface area (Å²) in [7, 11) is -0.324. The molecule has 7 rings (SSSR count). The Morgan fingerprint density at radius 2 is 1.20 bits per heavy atom. The molecule has 1 aliphatic rings. The molecule has 256 valence electrons. The Balaban J connectivity index is 0.000000175. The molecule has 0 amide bonds. The molecule has 50 heavy (non-hydrogen) atoms. The van der Waals surface area contributed by atoms with E-state index in [-0.39, 0.29) is 28.0 Å². The molecule has 15 heteroatoms. The van der Waals surface area contributed by atoms with Crippen molar-refractivity contribution in [3.05, 3.63) is 104 Å². The summed E-state index contributed by atoms with van der Waals surface area (Å²) in [5.41, 5.74) is 2.54. The molecule has 0 atom stereocenters. The SMILES string of the molecule is Cn1c(=O)c(-c2ccccc2Cl)cc2cnc(NC3CCC(=O)CC3)nc21.Cn1c(=O)c(-c2ccccc2Cl)cc2cnc(S(C)(=O)=O)nc21. The number of aryl methyl sites for hydroxylation is 2. The van der Waals surface area contributed by atoms with Crippen LogP contribution in [0.3, 0.4) is 0 Å². The van der Waals surface area contributed by atoms with Crippen LogP contribution in [-0.2, 0) is 28.7 Å². The number of nitrogens with one attached hydrogen (secondary N) is 1. The zero-order valence-corrected chi connectivity index (χ0v) is 29.6. The van der Waals surface area contributed by atoms with Gasteiger partial charge in [-0.05, 0) is 37.1 Å². The fourth-order valence-electron chi connectivity index (χ4n) is 5.74. The number of anilines is 1. The van der Waals surface area contributed by atoms with Crippen molar-refractivity contribution < 1.29 is 13.2 Å². The molecule has 0 saturated heterocycles. The Morgan fingerprint density at radius 1 is 0.720 bits per heavy atom. The van der Waals surface area contributed by atoms with Gasteiger partial charge >= 0.3 is 0 Å². The van der Waals surface area contributed by atoms with Crippen LogP contribution in [0.25, 0.3) is 44.3 Å². The van der Waals surface area contributed by atoms with E-state index in [2.05, 4.69) is 25.3 Å². The molecule has 4 heterocycles. The summed E-state index contributed by atoms with van der Waals surface area (Å²) in [6.07, 6.45) is 6.85. The second-order valence-corrected chi connectivity index (χ2v) is 14.7. The molecule has 1 N–H and O–H groups in total. The third-order valence-electron chi connectivity index (χ3n) is 8.41. The first-order chi connectivity index (χ1) is 23.8. The van der Waals surface area contributed by atoms with Gasteiger partial charge < -0.3 is 5.32 Å². The van der Waals surface area contributed by atoms with Gasteiger partial charge in [0.05, 0.1) is 0 Å². The third kappa shape index (κ3) is 7.16. The van der Waals surface area contributed by atoms with Crippen LogP contribution in [-0.4, -0.2) is 55.6 Å². The van der Waals surface area contributed by atoms with Crippen molar-refractivity contribution in [1.82, 2.24) is 29.1 Å². The van der Waals surface area contributed by atoms with Crippen molar-refractivity contribution in [2.75, 3.05) is 11.6 Å². The monoisotopic (exact) mass is 731 g/mol. The maximum absolute atomic E-state index is 12.9. The van der Waals surface area contributed by atoms with E-state index in [1.165, 1.54) is 22.4 Å². The summed E-state index contributed by atoms with van der Waals surface area (Å²) in [4.78, 5) is 53.6. The highest BCUT2D eigenvalue weighted by Crippen LogP contribution is 2.28. The molecule has 0 radical (unpaired) electrons. The molecule has 2 aromatic carbocycles. The maximum Gasteiger partial charge on any atom is 0.259 e. The van der Waals surface area contributed by atoms with Gasteiger partial charge in [-0.15, -0.1) is 0 Å². The lowest BCUT2D eigenvalue weighted by Gasteiger charge is -2.22. The predicted molar refractivity (Wildman–Crippen MR) is 194 cm³/mol. The molecular weight excluding hydrogens is 701 g/mol. The van der Waals surface area contributed by atoms with Gasteiger partial charge in [0, 0.05) is 94.7 Å². The van der Waals surface area contributed by atoms with Crippen LogP contribution in [0, 0.1) is 0 Å². The summed E-state index contributed by atoms with van der Waals surface area (Å²) in [6.45, 7) is 0. The van der Waals surface area contributed by atoms with E-state index in [9.17, 15) is 22.8 Å². The van der Waals surface area contributed by atoms with E-state index in [1.807, 2.05) is 18.2 Å². The third-order valence-corrected chi connectivity index (χ3v) is 9.93. The summed E-state index contributed by atoms with van der Waals surface area (Å²) in [5, 5.41) is 5.27. The van der Waals surface area contributed by atoms with Crippen LogP contribution < -0.4 is 16.4 Å².